The SMILES string of the molecule is C[C@H](CC(=N)c1ccc(N2CCc3cc(-c4ccc(OC(F)(F)F)cc4)sc3C2=O)cn1)N(C)C. The third-order valence-electron chi connectivity index (χ3n) is 5.98. The average molecular weight is 503 g/mol. The fourth-order valence-electron chi connectivity index (χ4n) is 3.77. The number of carbonyl (C=O) groups is 1. The summed E-state index contributed by atoms with van der Waals surface area (Å²) in [5, 5.41) is 8.31. The van der Waals surface area contributed by atoms with Gasteiger partial charge in [0, 0.05) is 23.9 Å². The predicted molar refractivity (Wildman–Crippen MR) is 131 cm³/mol. The Hall–Kier alpha value is -3.24. The van der Waals surface area contributed by atoms with E-state index >= 15 is 0 Å². The van der Waals surface area contributed by atoms with Crippen LogP contribution in [0.25, 0.3) is 10.4 Å². The summed E-state index contributed by atoms with van der Waals surface area (Å²) < 4.78 is 41.1. The van der Waals surface area contributed by atoms with Gasteiger partial charge in [0.05, 0.1) is 28.2 Å². The van der Waals surface area contributed by atoms with Gasteiger partial charge in [-0.15, -0.1) is 24.5 Å². The van der Waals surface area contributed by atoms with E-state index in [0.717, 1.165) is 16.0 Å². The van der Waals surface area contributed by atoms with E-state index in [9.17, 15) is 18.0 Å². The van der Waals surface area contributed by atoms with Gasteiger partial charge < -0.3 is 19.9 Å². The third-order valence-corrected chi connectivity index (χ3v) is 7.19. The molecule has 0 fully saturated rings. The molecule has 1 atom stereocenters. The minimum Gasteiger partial charge on any atom is -0.406 e. The van der Waals surface area contributed by atoms with Crippen LogP contribution in [0.15, 0.2) is 48.7 Å². The van der Waals surface area contributed by atoms with Crippen molar-refractivity contribution in [3.63, 3.8) is 0 Å². The zero-order valence-corrected chi connectivity index (χ0v) is 20.3. The number of hydrogen-bond donors (Lipinski definition) is 1. The fraction of sp³-hybridized carbons (Fsp3) is 0.320. The van der Waals surface area contributed by atoms with Crippen LogP contribution >= 0.6 is 11.3 Å². The summed E-state index contributed by atoms with van der Waals surface area (Å²) in [6, 6.07) is 11.3. The molecular weight excluding hydrogens is 477 g/mol. The number of benzene rings is 1. The topological polar surface area (TPSA) is 69.5 Å². The number of rotatable bonds is 7. The van der Waals surface area contributed by atoms with Crippen molar-refractivity contribution in [3.8, 4) is 16.2 Å². The van der Waals surface area contributed by atoms with Crippen molar-refractivity contribution >= 4 is 28.6 Å². The van der Waals surface area contributed by atoms with Crippen molar-refractivity contribution in [2.75, 3.05) is 25.5 Å². The Morgan fingerprint density at radius 2 is 1.94 bits per heavy atom. The van der Waals surface area contributed by atoms with Crippen LogP contribution in [-0.2, 0) is 6.42 Å². The molecule has 0 unspecified atom stereocenters. The van der Waals surface area contributed by atoms with E-state index in [1.165, 1.54) is 23.5 Å². The molecule has 1 aliphatic heterocycles. The number of pyridine rings is 1. The van der Waals surface area contributed by atoms with E-state index in [4.69, 9.17) is 5.41 Å². The highest BCUT2D eigenvalue weighted by Crippen LogP contribution is 2.37. The first-order chi connectivity index (χ1) is 16.5. The Labute approximate surface area is 205 Å². The molecule has 1 aromatic carbocycles. The maximum Gasteiger partial charge on any atom is 0.573 e. The van der Waals surface area contributed by atoms with E-state index in [1.54, 1.807) is 29.3 Å². The summed E-state index contributed by atoms with van der Waals surface area (Å²) in [4.78, 5) is 22.8. The Morgan fingerprint density at radius 3 is 2.54 bits per heavy atom. The molecule has 6 nitrogen and oxygen atoms in total. The molecule has 0 radical (unpaired) electrons. The number of amides is 1. The van der Waals surface area contributed by atoms with E-state index in [0.29, 0.717) is 41.4 Å². The Balaban J connectivity index is 1.48. The van der Waals surface area contributed by atoms with Crippen LogP contribution in [0.2, 0.25) is 0 Å². The first-order valence-corrected chi connectivity index (χ1v) is 11.8. The van der Waals surface area contributed by atoms with Gasteiger partial charge in [-0.05, 0) is 81.0 Å². The Kier molecular flexibility index (Phi) is 6.95. The molecule has 0 aliphatic carbocycles. The van der Waals surface area contributed by atoms with E-state index in [-0.39, 0.29) is 17.7 Å². The molecule has 35 heavy (non-hydrogen) atoms. The molecule has 184 valence electrons. The second-order valence-corrected chi connectivity index (χ2v) is 9.69. The van der Waals surface area contributed by atoms with Crippen LogP contribution in [0.5, 0.6) is 5.75 Å². The van der Waals surface area contributed by atoms with Gasteiger partial charge in [0.1, 0.15) is 5.75 Å². The summed E-state index contributed by atoms with van der Waals surface area (Å²) in [5.41, 5.74) is 3.34. The number of carbonyl (C=O) groups excluding carboxylic acids is 1. The van der Waals surface area contributed by atoms with Gasteiger partial charge in [-0.25, -0.2) is 0 Å². The third kappa shape index (κ3) is 5.71. The molecule has 1 N–H and O–H groups in total. The maximum atomic E-state index is 13.2. The second-order valence-electron chi connectivity index (χ2n) is 8.64. The molecule has 2 aromatic heterocycles. The number of fused-ring (bicyclic) bond motifs is 1. The smallest absolute Gasteiger partial charge is 0.406 e. The van der Waals surface area contributed by atoms with Crippen LogP contribution in [0.4, 0.5) is 18.9 Å². The molecule has 1 amide bonds. The summed E-state index contributed by atoms with van der Waals surface area (Å²) in [6.07, 6.45) is -1.88. The quantitative estimate of drug-likeness (QED) is 0.426. The molecule has 0 saturated heterocycles. The normalized spacial score (nSPS) is 14.7. The highest BCUT2D eigenvalue weighted by atomic mass is 32.1. The van der Waals surface area contributed by atoms with Crippen molar-refractivity contribution in [1.29, 1.82) is 5.41 Å². The summed E-state index contributed by atoms with van der Waals surface area (Å²) >= 11 is 1.32. The zero-order valence-electron chi connectivity index (χ0n) is 19.5. The molecule has 3 heterocycles. The molecule has 0 spiro atoms. The number of thiophene rings is 1. The summed E-state index contributed by atoms with van der Waals surface area (Å²) in [6.45, 7) is 2.54. The van der Waals surface area contributed by atoms with Gasteiger partial charge in [-0.1, -0.05) is 0 Å². The number of hydrogen-bond acceptors (Lipinski definition) is 6. The number of ether oxygens (including phenoxy) is 1. The first-order valence-electron chi connectivity index (χ1n) is 11.0. The molecule has 4 rings (SSSR count). The monoisotopic (exact) mass is 502 g/mol. The fourth-order valence-corrected chi connectivity index (χ4v) is 4.93. The van der Waals surface area contributed by atoms with Gasteiger partial charge in [-0.2, -0.15) is 0 Å². The average Bonchev–Trinajstić information content (AvgIpc) is 3.24. The molecule has 0 bridgehead atoms. The summed E-state index contributed by atoms with van der Waals surface area (Å²) in [7, 11) is 3.94. The largest absolute Gasteiger partial charge is 0.573 e. The lowest BCUT2D eigenvalue weighted by Crippen LogP contribution is -2.36. The molecule has 0 saturated carbocycles. The van der Waals surface area contributed by atoms with Gasteiger partial charge in [0.25, 0.3) is 5.91 Å². The zero-order chi connectivity index (χ0) is 25.3. The second kappa shape index (κ2) is 9.79. The predicted octanol–water partition coefficient (Wildman–Crippen LogP) is 5.62. The lowest BCUT2D eigenvalue weighted by atomic mass is 10.0. The van der Waals surface area contributed by atoms with Crippen LogP contribution in [0.3, 0.4) is 0 Å². The molecule has 10 heteroatoms. The Morgan fingerprint density at radius 1 is 1.23 bits per heavy atom. The minimum absolute atomic E-state index is 0.134. The molecular formula is C25H25F3N4O2S. The minimum atomic E-state index is -4.74. The van der Waals surface area contributed by atoms with E-state index < -0.39 is 6.36 Å². The van der Waals surface area contributed by atoms with Gasteiger partial charge in [0.2, 0.25) is 0 Å². The first kappa shape index (κ1) is 24.9. The highest BCUT2D eigenvalue weighted by molar-refractivity contribution is 7.17. The van der Waals surface area contributed by atoms with Gasteiger partial charge in [-0.3, -0.25) is 9.78 Å². The van der Waals surface area contributed by atoms with Crippen LogP contribution in [-0.4, -0.2) is 54.5 Å². The van der Waals surface area contributed by atoms with Gasteiger partial charge >= 0.3 is 6.36 Å². The number of halogens is 3. The van der Waals surface area contributed by atoms with Crippen molar-refractivity contribution in [1.82, 2.24) is 9.88 Å². The van der Waals surface area contributed by atoms with Crippen molar-refractivity contribution < 1.29 is 22.7 Å². The summed E-state index contributed by atoms with van der Waals surface area (Å²) in [5.74, 6) is -0.421. The van der Waals surface area contributed by atoms with Crippen molar-refractivity contribution in [2.24, 2.45) is 0 Å². The number of aromatic nitrogens is 1. The van der Waals surface area contributed by atoms with Crippen LogP contribution in [0.1, 0.15) is 34.3 Å². The standard InChI is InChI=1S/C25H25F3N4O2S/c1-15(31(2)3)12-20(29)21-9-6-18(14-30-21)32-11-10-17-13-22(35-23(17)24(32)33)16-4-7-19(8-5-16)34-25(26,27)28/h4-9,13-15,29H,10-12H2,1-3H3/t15-/m1/s1. The number of nitrogens with zero attached hydrogens (tertiary/aromatic N) is 3. The van der Waals surface area contributed by atoms with E-state index in [1.807, 2.05) is 38.1 Å². The van der Waals surface area contributed by atoms with Crippen molar-refractivity contribution in [3.05, 3.63) is 64.8 Å². The lowest BCUT2D eigenvalue weighted by molar-refractivity contribution is -0.274. The maximum absolute atomic E-state index is 13.2. The highest BCUT2D eigenvalue weighted by Gasteiger charge is 2.31. The molecule has 3 aromatic rings. The van der Waals surface area contributed by atoms with Gasteiger partial charge in [0.15, 0.2) is 0 Å². The Bertz CT molecular complexity index is 1220. The van der Waals surface area contributed by atoms with Crippen molar-refractivity contribution in [2.45, 2.75) is 32.2 Å². The number of nitrogens with one attached hydrogen (secondary N) is 1. The van der Waals surface area contributed by atoms with Crippen LogP contribution < -0.4 is 9.64 Å². The lowest BCUT2D eigenvalue weighted by Gasteiger charge is -2.26. The molecule has 1 aliphatic rings. The van der Waals surface area contributed by atoms with Crippen LogP contribution in [0, 0.1) is 5.41 Å². The number of alkyl halides is 3. The van der Waals surface area contributed by atoms with E-state index in [2.05, 4.69) is 9.72 Å². The number of anilines is 1.